The molecule has 0 aromatic rings. The third kappa shape index (κ3) is 9.93. The average Bonchev–Trinajstić information content (AvgIpc) is 1.87. The number of rotatable bonds is 5. The van der Waals surface area contributed by atoms with E-state index in [1.807, 2.05) is 0 Å². The topological polar surface area (TPSA) is 17.1 Å². The van der Waals surface area contributed by atoms with Crippen molar-refractivity contribution in [2.45, 2.75) is 40.0 Å². The van der Waals surface area contributed by atoms with Crippen molar-refractivity contribution in [2.75, 3.05) is 0 Å². The molecule has 0 rings (SSSR count). The van der Waals surface area contributed by atoms with E-state index < -0.39 is 0 Å². The Hall–Kier alpha value is -0.0705. The van der Waals surface area contributed by atoms with E-state index in [0.29, 0.717) is 12.3 Å². The third-order valence-electron chi connectivity index (χ3n) is 1.71. The first kappa shape index (κ1) is 14.5. The predicted octanol–water partition coefficient (Wildman–Crippen LogP) is 2.96. The van der Waals surface area contributed by atoms with E-state index in [2.05, 4.69) is 26.8 Å². The molecule has 0 radical (unpaired) electrons. The first-order valence-electron chi connectivity index (χ1n) is 4.23. The molecular weight excluding hydrogens is 192 g/mol. The van der Waals surface area contributed by atoms with Crippen LogP contribution in [0.5, 0.6) is 0 Å². The molecule has 0 aliphatic heterocycles. The van der Waals surface area contributed by atoms with Gasteiger partial charge in [0.25, 0.3) is 0 Å². The Balaban J connectivity index is 0. The zero-order chi connectivity index (χ0) is 8.69. The minimum atomic E-state index is 0. The van der Waals surface area contributed by atoms with Gasteiger partial charge in [0.15, 0.2) is 0 Å². The Morgan fingerprint density at radius 3 is 2.42 bits per heavy atom. The van der Waals surface area contributed by atoms with Gasteiger partial charge in [-0.2, -0.15) is 0 Å². The Morgan fingerprint density at radius 2 is 2.00 bits per heavy atom. The van der Waals surface area contributed by atoms with Crippen molar-refractivity contribution in [3.05, 3.63) is 11.6 Å². The molecule has 0 heterocycles. The molecule has 12 heavy (non-hydrogen) atoms. The zero-order valence-corrected chi connectivity index (χ0v) is 9.22. The largest absolute Gasteiger partial charge is 0.303 e. The van der Waals surface area contributed by atoms with Crippen LogP contribution in [-0.2, 0) is 21.9 Å². The van der Waals surface area contributed by atoms with Gasteiger partial charge in [0, 0.05) is 23.5 Å². The van der Waals surface area contributed by atoms with Crippen molar-refractivity contribution in [3.63, 3.8) is 0 Å². The Bertz CT molecular complexity index is 137. The summed E-state index contributed by atoms with van der Waals surface area (Å²) in [5, 5.41) is 0. The third-order valence-corrected chi connectivity index (χ3v) is 1.71. The SMILES string of the molecule is CC(C)=CCCC(C)CC=O.[Fe]. The van der Waals surface area contributed by atoms with Gasteiger partial charge >= 0.3 is 0 Å². The minimum Gasteiger partial charge on any atom is -0.303 e. The van der Waals surface area contributed by atoms with Gasteiger partial charge in [-0.05, 0) is 32.6 Å². The van der Waals surface area contributed by atoms with Gasteiger partial charge in [0.2, 0.25) is 0 Å². The van der Waals surface area contributed by atoms with Gasteiger partial charge in [-0.15, -0.1) is 0 Å². The molecule has 1 nitrogen and oxygen atoms in total. The average molecular weight is 210 g/mol. The minimum absolute atomic E-state index is 0. The molecule has 2 heteroatoms. The van der Waals surface area contributed by atoms with Crippen molar-refractivity contribution in [1.29, 1.82) is 0 Å². The molecule has 0 spiro atoms. The standard InChI is InChI=1S/C10H18O.Fe/c1-9(2)5-4-6-10(3)7-8-11;/h5,8,10H,4,6-7H2,1-3H3;. The summed E-state index contributed by atoms with van der Waals surface area (Å²) in [6, 6.07) is 0. The molecule has 0 fully saturated rings. The van der Waals surface area contributed by atoms with Crippen LogP contribution in [0, 0.1) is 5.92 Å². The van der Waals surface area contributed by atoms with E-state index in [4.69, 9.17) is 0 Å². The number of hydrogen-bond donors (Lipinski definition) is 0. The molecule has 0 aliphatic rings. The van der Waals surface area contributed by atoms with Crippen molar-refractivity contribution in [2.24, 2.45) is 5.92 Å². The van der Waals surface area contributed by atoms with Crippen LogP contribution in [0.3, 0.4) is 0 Å². The van der Waals surface area contributed by atoms with Crippen LogP contribution < -0.4 is 0 Å². The van der Waals surface area contributed by atoms with Crippen LogP contribution in [0.25, 0.3) is 0 Å². The second-order valence-electron chi connectivity index (χ2n) is 3.37. The van der Waals surface area contributed by atoms with Crippen molar-refractivity contribution >= 4 is 6.29 Å². The summed E-state index contributed by atoms with van der Waals surface area (Å²) >= 11 is 0. The molecule has 0 saturated heterocycles. The van der Waals surface area contributed by atoms with Crippen LogP contribution in [0.2, 0.25) is 0 Å². The fourth-order valence-corrected chi connectivity index (χ4v) is 0.939. The fourth-order valence-electron chi connectivity index (χ4n) is 0.939. The summed E-state index contributed by atoms with van der Waals surface area (Å²) in [5.74, 6) is 0.545. The molecule has 1 unspecified atom stereocenters. The molecule has 0 aromatic heterocycles. The summed E-state index contributed by atoms with van der Waals surface area (Å²) in [7, 11) is 0. The normalized spacial score (nSPS) is 11.2. The van der Waals surface area contributed by atoms with E-state index in [-0.39, 0.29) is 17.1 Å². The van der Waals surface area contributed by atoms with E-state index in [0.717, 1.165) is 19.1 Å². The van der Waals surface area contributed by atoms with Gasteiger partial charge in [-0.1, -0.05) is 18.6 Å². The quantitative estimate of drug-likeness (QED) is 0.387. The van der Waals surface area contributed by atoms with E-state index >= 15 is 0 Å². The maximum atomic E-state index is 10.1. The number of hydrogen-bond acceptors (Lipinski definition) is 1. The second-order valence-corrected chi connectivity index (χ2v) is 3.37. The molecule has 0 aliphatic carbocycles. The van der Waals surface area contributed by atoms with Crippen LogP contribution in [0.15, 0.2) is 11.6 Å². The van der Waals surface area contributed by atoms with Gasteiger partial charge in [-0.3, -0.25) is 0 Å². The van der Waals surface area contributed by atoms with Crippen LogP contribution in [0.4, 0.5) is 0 Å². The van der Waals surface area contributed by atoms with Gasteiger partial charge in [0.1, 0.15) is 6.29 Å². The smallest absolute Gasteiger partial charge is 0.120 e. The van der Waals surface area contributed by atoms with Crippen LogP contribution in [0.1, 0.15) is 40.0 Å². The van der Waals surface area contributed by atoms with Crippen molar-refractivity contribution in [1.82, 2.24) is 0 Å². The van der Waals surface area contributed by atoms with E-state index in [1.165, 1.54) is 5.57 Å². The maximum absolute atomic E-state index is 10.1. The molecule has 1 atom stereocenters. The summed E-state index contributed by atoms with van der Waals surface area (Å²) in [5.41, 5.74) is 1.36. The molecule has 72 valence electrons. The molecule has 0 aromatic carbocycles. The van der Waals surface area contributed by atoms with Crippen LogP contribution in [-0.4, -0.2) is 6.29 Å². The molecule has 0 amide bonds. The fraction of sp³-hybridized carbons (Fsp3) is 0.700. The van der Waals surface area contributed by atoms with Crippen LogP contribution >= 0.6 is 0 Å². The summed E-state index contributed by atoms with van der Waals surface area (Å²) in [6.45, 7) is 6.32. The van der Waals surface area contributed by atoms with Crippen molar-refractivity contribution in [3.8, 4) is 0 Å². The summed E-state index contributed by atoms with van der Waals surface area (Å²) in [4.78, 5) is 10.1. The summed E-state index contributed by atoms with van der Waals surface area (Å²) in [6.07, 6.45) is 6.17. The first-order chi connectivity index (χ1) is 5.16. The number of aldehydes is 1. The number of carbonyl (C=O) groups excluding carboxylic acids is 1. The number of allylic oxidation sites excluding steroid dienone is 2. The predicted molar refractivity (Wildman–Crippen MR) is 48.5 cm³/mol. The second kappa shape index (κ2) is 9.02. The number of carbonyl (C=O) groups is 1. The van der Waals surface area contributed by atoms with E-state index in [9.17, 15) is 4.79 Å². The monoisotopic (exact) mass is 210 g/mol. The molecule has 0 bridgehead atoms. The Morgan fingerprint density at radius 1 is 1.42 bits per heavy atom. The molecular formula is C10H18FeO. The Kier molecular flexibility index (Phi) is 10.9. The van der Waals surface area contributed by atoms with Crippen molar-refractivity contribution < 1.29 is 21.9 Å². The Labute approximate surface area is 86.1 Å². The first-order valence-corrected chi connectivity index (χ1v) is 4.23. The molecule has 0 saturated carbocycles. The van der Waals surface area contributed by atoms with Gasteiger partial charge in [0.05, 0.1) is 0 Å². The van der Waals surface area contributed by atoms with E-state index in [1.54, 1.807) is 0 Å². The van der Waals surface area contributed by atoms with Gasteiger partial charge < -0.3 is 4.79 Å². The van der Waals surface area contributed by atoms with Gasteiger partial charge in [-0.25, -0.2) is 0 Å². The molecule has 0 N–H and O–H groups in total. The maximum Gasteiger partial charge on any atom is 0.120 e. The zero-order valence-electron chi connectivity index (χ0n) is 8.12. The summed E-state index contributed by atoms with van der Waals surface area (Å²) < 4.78 is 0.